The molecule has 0 aliphatic rings. The highest BCUT2D eigenvalue weighted by molar-refractivity contribution is 5.90. The predicted molar refractivity (Wildman–Crippen MR) is 89.4 cm³/mol. The molecule has 2 aromatic rings. The van der Waals surface area contributed by atoms with Crippen LogP contribution in [0.15, 0.2) is 48.7 Å². The number of benzene rings is 1. The molecule has 6 heteroatoms. The summed E-state index contributed by atoms with van der Waals surface area (Å²) in [5.74, 6) is 0.711. The van der Waals surface area contributed by atoms with E-state index >= 15 is 0 Å². The van der Waals surface area contributed by atoms with Gasteiger partial charge in [-0.2, -0.15) is 0 Å². The molecule has 2 rings (SSSR count). The quantitative estimate of drug-likeness (QED) is 0.821. The van der Waals surface area contributed by atoms with Crippen LogP contribution >= 0.6 is 12.4 Å². The van der Waals surface area contributed by atoms with Crippen molar-refractivity contribution in [3.63, 3.8) is 0 Å². The number of nitrogens with zero attached hydrogens (tertiary/aromatic N) is 1. The first-order chi connectivity index (χ1) is 10.3. The number of carbonyl (C=O) groups is 1. The highest BCUT2D eigenvalue weighted by atomic mass is 35.5. The number of halogens is 1. The molecule has 0 radical (unpaired) electrons. The van der Waals surface area contributed by atoms with Gasteiger partial charge in [-0.1, -0.05) is 6.07 Å². The van der Waals surface area contributed by atoms with Gasteiger partial charge in [0.05, 0.1) is 0 Å². The van der Waals surface area contributed by atoms with Crippen LogP contribution in [0, 0.1) is 0 Å². The summed E-state index contributed by atoms with van der Waals surface area (Å²) in [5.41, 5.74) is 7.03. The Morgan fingerprint density at radius 2 is 1.95 bits per heavy atom. The number of nitrogens with one attached hydrogen (secondary N) is 1. The van der Waals surface area contributed by atoms with Crippen molar-refractivity contribution in [2.75, 3.05) is 18.5 Å². The summed E-state index contributed by atoms with van der Waals surface area (Å²) < 4.78 is 5.37. The number of hydrogen-bond acceptors (Lipinski definition) is 4. The molecule has 0 aliphatic heterocycles. The largest absolute Gasteiger partial charge is 0.492 e. The monoisotopic (exact) mass is 321 g/mol. The van der Waals surface area contributed by atoms with Crippen LogP contribution in [0.5, 0.6) is 5.75 Å². The zero-order chi connectivity index (χ0) is 14.9. The number of pyridine rings is 1. The minimum Gasteiger partial charge on any atom is -0.492 e. The molecule has 1 aromatic heterocycles. The number of carbonyl (C=O) groups excluding carboxylic acids is 1. The fourth-order valence-electron chi connectivity index (χ4n) is 1.82. The third kappa shape index (κ3) is 6.11. The molecule has 3 N–H and O–H groups in total. The first-order valence-corrected chi connectivity index (χ1v) is 6.90. The summed E-state index contributed by atoms with van der Waals surface area (Å²) in [6.07, 6.45) is 2.76. The fourth-order valence-corrected chi connectivity index (χ4v) is 1.82. The fraction of sp³-hybridized carbons (Fsp3) is 0.250. The number of rotatable bonds is 7. The summed E-state index contributed by atoms with van der Waals surface area (Å²) in [7, 11) is 0. The summed E-state index contributed by atoms with van der Waals surface area (Å²) in [6.45, 7) is 0.960. The topological polar surface area (TPSA) is 77.2 Å². The van der Waals surface area contributed by atoms with Crippen molar-refractivity contribution in [2.24, 2.45) is 5.73 Å². The first kappa shape index (κ1) is 17.9. The Balaban J connectivity index is 0.00000242. The molecular formula is C16H20ClN3O2. The number of aromatic nitrogens is 1. The Hall–Kier alpha value is -2.11. The van der Waals surface area contributed by atoms with Crippen molar-refractivity contribution in [3.8, 4) is 5.75 Å². The maximum atomic E-state index is 11.9. The predicted octanol–water partition coefficient (Wildman–Crippen LogP) is 2.41. The molecule has 22 heavy (non-hydrogen) atoms. The molecule has 0 unspecified atom stereocenters. The smallest absolute Gasteiger partial charge is 0.224 e. The van der Waals surface area contributed by atoms with Crippen LogP contribution < -0.4 is 15.8 Å². The van der Waals surface area contributed by atoms with Gasteiger partial charge in [0, 0.05) is 30.5 Å². The van der Waals surface area contributed by atoms with Crippen molar-refractivity contribution in [1.82, 2.24) is 4.98 Å². The third-order valence-electron chi connectivity index (χ3n) is 2.86. The van der Waals surface area contributed by atoms with Crippen molar-refractivity contribution in [1.29, 1.82) is 0 Å². The van der Waals surface area contributed by atoms with E-state index in [1.54, 1.807) is 6.20 Å². The van der Waals surface area contributed by atoms with Crippen molar-refractivity contribution in [3.05, 3.63) is 54.4 Å². The Kier molecular flexibility index (Phi) is 7.96. The van der Waals surface area contributed by atoms with Gasteiger partial charge in [-0.15, -0.1) is 12.4 Å². The van der Waals surface area contributed by atoms with E-state index in [1.165, 1.54) is 0 Å². The molecule has 0 atom stereocenters. The molecule has 0 bridgehead atoms. The van der Waals surface area contributed by atoms with E-state index in [1.807, 2.05) is 42.5 Å². The van der Waals surface area contributed by atoms with E-state index in [2.05, 4.69) is 10.3 Å². The molecule has 1 amide bonds. The van der Waals surface area contributed by atoms with Crippen LogP contribution in [0.3, 0.4) is 0 Å². The van der Waals surface area contributed by atoms with Crippen molar-refractivity contribution in [2.45, 2.75) is 12.8 Å². The van der Waals surface area contributed by atoms with Crippen molar-refractivity contribution >= 4 is 24.0 Å². The van der Waals surface area contributed by atoms with Crippen LogP contribution in [0.1, 0.15) is 12.1 Å². The number of anilines is 1. The molecule has 0 saturated heterocycles. The second kappa shape index (κ2) is 9.76. The number of aryl methyl sites for hydroxylation is 1. The lowest BCUT2D eigenvalue weighted by Gasteiger charge is -2.07. The van der Waals surface area contributed by atoms with Crippen LogP contribution in [0.4, 0.5) is 5.69 Å². The van der Waals surface area contributed by atoms with Crippen LogP contribution in [0.2, 0.25) is 0 Å². The molecule has 1 aromatic carbocycles. The standard InChI is InChI=1S/C16H19N3O2.ClH/c17-10-12-21-15-7-4-14(5-8-15)19-16(20)9-6-13-3-1-2-11-18-13;/h1-5,7-8,11H,6,9-10,12,17H2,(H,19,20);1H. The maximum absolute atomic E-state index is 11.9. The van der Waals surface area contributed by atoms with Gasteiger partial charge in [0.1, 0.15) is 12.4 Å². The zero-order valence-corrected chi connectivity index (χ0v) is 13.0. The third-order valence-corrected chi connectivity index (χ3v) is 2.86. The molecule has 1 heterocycles. The average Bonchev–Trinajstić information content (AvgIpc) is 2.53. The van der Waals surface area contributed by atoms with Gasteiger partial charge >= 0.3 is 0 Å². The lowest BCUT2D eigenvalue weighted by molar-refractivity contribution is -0.116. The van der Waals surface area contributed by atoms with Gasteiger partial charge in [-0.05, 0) is 42.8 Å². The maximum Gasteiger partial charge on any atom is 0.224 e. The van der Waals surface area contributed by atoms with E-state index in [9.17, 15) is 4.79 Å². The van der Waals surface area contributed by atoms with Gasteiger partial charge < -0.3 is 15.8 Å². The summed E-state index contributed by atoms with van der Waals surface area (Å²) >= 11 is 0. The Labute approximate surface area is 136 Å². The average molecular weight is 322 g/mol. The van der Waals surface area contributed by atoms with Gasteiger partial charge in [0.25, 0.3) is 0 Å². The van der Waals surface area contributed by atoms with Gasteiger partial charge in [-0.25, -0.2) is 0 Å². The van der Waals surface area contributed by atoms with E-state index in [0.717, 1.165) is 17.1 Å². The highest BCUT2D eigenvalue weighted by Gasteiger charge is 2.04. The van der Waals surface area contributed by atoms with Crippen LogP contribution in [-0.2, 0) is 11.2 Å². The van der Waals surface area contributed by atoms with E-state index in [0.29, 0.717) is 26.0 Å². The molecule has 118 valence electrons. The molecule has 5 nitrogen and oxygen atoms in total. The SMILES string of the molecule is Cl.NCCOc1ccc(NC(=O)CCc2ccccn2)cc1. The van der Waals surface area contributed by atoms with Gasteiger partial charge in [0.2, 0.25) is 5.91 Å². The van der Waals surface area contributed by atoms with Crippen LogP contribution in [0.25, 0.3) is 0 Å². The zero-order valence-electron chi connectivity index (χ0n) is 12.2. The molecule has 0 saturated carbocycles. The molecule has 0 spiro atoms. The van der Waals surface area contributed by atoms with Crippen molar-refractivity contribution < 1.29 is 9.53 Å². The minimum absolute atomic E-state index is 0. The molecular weight excluding hydrogens is 302 g/mol. The normalized spacial score (nSPS) is 9.68. The number of amides is 1. The van der Waals surface area contributed by atoms with E-state index in [4.69, 9.17) is 10.5 Å². The molecule has 0 aliphatic carbocycles. The summed E-state index contributed by atoms with van der Waals surface area (Å²) in [6, 6.07) is 12.9. The second-order valence-electron chi connectivity index (χ2n) is 4.53. The van der Waals surface area contributed by atoms with E-state index in [-0.39, 0.29) is 18.3 Å². The van der Waals surface area contributed by atoms with E-state index < -0.39 is 0 Å². The number of ether oxygens (including phenoxy) is 1. The first-order valence-electron chi connectivity index (χ1n) is 6.90. The summed E-state index contributed by atoms with van der Waals surface area (Å²) in [4.78, 5) is 16.0. The Morgan fingerprint density at radius 1 is 1.18 bits per heavy atom. The lowest BCUT2D eigenvalue weighted by Crippen LogP contribution is -2.13. The summed E-state index contributed by atoms with van der Waals surface area (Å²) in [5, 5.41) is 2.85. The Bertz CT molecular complexity index is 561. The lowest BCUT2D eigenvalue weighted by atomic mass is 10.2. The highest BCUT2D eigenvalue weighted by Crippen LogP contribution is 2.15. The van der Waals surface area contributed by atoms with Gasteiger partial charge in [-0.3, -0.25) is 9.78 Å². The number of hydrogen-bond donors (Lipinski definition) is 2. The minimum atomic E-state index is -0.0312. The van der Waals surface area contributed by atoms with Crippen LogP contribution in [-0.4, -0.2) is 24.0 Å². The Morgan fingerprint density at radius 3 is 2.59 bits per heavy atom. The molecule has 0 fully saturated rings. The number of nitrogens with two attached hydrogens (primary N) is 1. The second-order valence-corrected chi connectivity index (χ2v) is 4.53. The van der Waals surface area contributed by atoms with Gasteiger partial charge in [0.15, 0.2) is 0 Å².